The van der Waals surface area contributed by atoms with E-state index in [1.54, 1.807) is 13.8 Å². The minimum atomic E-state index is -0.750. The second-order valence-electron chi connectivity index (χ2n) is 1.49. The Kier molecular flexibility index (Phi) is 26.5. The molecule has 0 atom stereocenters. The molecule has 0 aromatic heterocycles. The minimum Gasteiger partial charge on any atom is -0.466 e. The van der Waals surface area contributed by atoms with Gasteiger partial charge in [0.05, 0.1) is 6.61 Å². The molecule has 0 aromatic rings. The Bertz CT molecular complexity index is 96.2. The first kappa shape index (κ1) is 19.0. The van der Waals surface area contributed by atoms with Crippen LogP contribution in [-0.2, 0) is 9.53 Å². The van der Waals surface area contributed by atoms with Crippen LogP contribution in [0.2, 0.25) is 0 Å². The van der Waals surface area contributed by atoms with Crippen LogP contribution in [0.1, 0.15) is 20.8 Å². The molecular weight excluding hydrogens is 238 g/mol. The molecular formula is C7H15Cl3O3. The number of hydrogen-bond acceptors (Lipinski definition) is 3. The van der Waals surface area contributed by atoms with E-state index in [2.05, 4.69) is 4.74 Å². The van der Waals surface area contributed by atoms with Crippen LogP contribution in [0.4, 0.5) is 0 Å². The van der Waals surface area contributed by atoms with E-state index in [-0.39, 0.29) is 12.6 Å². The fourth-order valence-electron chi connectivity index (χ4n) is 0.203. The number of esters is 1. The molecule has 0 unspecified atom stereocenters. The summed E-state index contributed by atoms with van der Waals surface area (Å²) in [5, 5.41) is 7.57. The van der Waals surface area contributed by atoms with Crippen molar-refractivity contribution in [2.75, 3.05) is 13.2 Å². The van der Waals surface area contributed by atoms with Crippen molar-refractivity contribution in [1.82, 2.24) is 0 Å². The van der Waals surface area contributed by atoms with Crippen LogP contribution in [0.15, 0.2) is 0 Å². The largest absolute Gasteiger partial charge is 0.466 e. The zero-order valence-corrected chi connectivity index (χ0v) is 10.2. The third-order valence-corrected chi connectivity index (χ3v) is 0.348. The summed E-state index contributed by atoms with van der Waals surface area (Å²) in [7, 11) is 0. The number of alkyl halides is 3. The number of hydrogen-bond donors (Lipinski definition) is 1. The maximum Gasteiger partial charge on any atom is 0.302 e. The Labute approximate surface area is 93.9 Å². The standard InChI is InChI=1S/C4H8O2.C2H6O.CHCl3/c1-3-6-4(2)5;1-2-3;2-1(3)4/h3H2,1-2H3;3H,2H2,1H3;1H. The lowest BCUT2D eigenvalue weighted by Crippen LogP contribution is -1.95. The lowest BCUT2D eigenvalue weighted by molar-refractivity contribution is -0.140. The van der Waals surface area contributed by atoms with Crippen molar-refractivity contribution < 1.29 is 14.6 Å². The van der Waals surface area contributed by atoms with E-state index in [0.29, 0.717) is 6.61 Å². The van der Waals surface area contributed by atoms with Gasteiger partial charge in [-0.3, -0.25) is 4.79 Å². The molecule has 0 heterocycles. The molecule has 0 aliphatic heterocycles. The Morgan fingerprint density at radius 2 is 1.62 bits per heavy atom. The summed E-state index contributed by atoms with van der Waals surface area (Å²) in [6.45, 7) is 5.58. The second kappa shape index (κ2) is 18.2. The number of carbonyl (C=O) groups is 1. The molecule has 0 aliphatic rings. The van der Waals surface area contributed by atoms with Gasteiger partial charge in [-0.2, -0.15) is 0 Å². The van der Waals surface area contributed by atoms with Crippen LogP contribution >= 0.6 is 34.8 Å². The van der Waals surface area contributed by atoms with Gasteiger partial charge < -0.3 is 9.84 Å². The molecule has 0 aromatic carbocycles. The van der Waals surface area contributed by atoms with Crippen molar-refractivity contribution in [3.8, 4) is 0 Å². The minimum absolute atomic E-state index is 0.211. The fourth-order valence-corrected chi connectivity index (χ4v) is 0.203. The zero-order valence-electron chi connectivity index (χ0n) is 7.89. The number of carbonyl (C=O) groups excluding carboxylic acids is 1. The average molecular weight is 254 g/mol. The molecule has 3 nitrogen and oxygen atoms in total. The number of rotatable bonds is 1. The molecule has 0 fully saturated rings. The van der Waals surface area contributed by atoms with Gasteiger partial charge in [-0.25, -0.2) is 0 Å². The van der Waals surface area contributed by atoms with Gasteiger partial charge in [0.25, 0.3) is 0 Å². The molecule has 82 valence electrons. The third kappa shape index (κ3) is 120. The Balaban J connectivity index is -0.000000125. The molecule has 0 bridgehead atoms. The molecule has 0 rings (SSSR count). The normalized spacial score (nSPS) is 7.69. The number of ether oxygens (including phenoxy) is 1. The average Bonchev–Trinajstić information content (AvgIpc) is 1.86. The lowest BCUT2D eigenvalue weighted by Gasteiger charge is -1.89. The number of halogens is 3. The topological polar surface area (TPSA) is 46.5 Å². The van der Waals surface area contributed by atoms with Gasteiger partial charge in [-0.05, 0) is 13.8 Å². The highest BCUT2D eigenvalue weighted by Crippen LogP contribution is 2.03. The summed E-state index contributed by atoms with van der Waals surface area (Å²) in [6.07, 6.45) is 0. The van der Waals surface area contributed by atoms with Crippen LogP contribution in [-0.4, -0.2) is 28.6 Å². The third-order valence-electron chi connectivity index (χ3n) is 0.348. The highest BCUT2D eigenvalue weighted by Gasteiger charge is 1.81. The smallest absolute Gasteiger partial charge is 0.302 e. The molecule has 1 N–H and O–H groups in total. The summed E-state index contributed by atoms with van der Waals surface area (Å²) in [6, 6.07) is 0. The predicted molar refractivity (Wildman–Crippen MR) is 56.4 cm³/mol. The molecule has 0 saturated carbocycles. The molecule has 13 heavy (non-hydrogen) atoms. The highest BCUT2D eigenvalue weighted by atomic mass is 35.6. The first-order valence-electron chi connectivity index (χ1n) is 3.58. The Morgan fingerprint density at radius 1 is 1.38 bits per heavy atom. The maximum absolute atomic E-state index is 9.82. The summed E-state index contributed by atoms with van der Waals surface area (Å²) in [5.41, 5.74) is 0. The van der Waals surface area contributed by atoms with Crippen LogP contribution in [0.3, 0.4) is 0 Å². The monoisotopic (exact) mass is 252 g/mol. The molecule has 0 aliphatic carbocycles. The van der Waals surface area contributed by atoms with Crippen LogP contribution in [0.25, 0.3) is 0 Å². The zero-order chi connectivity index (χ0) is 11.3. The van der Waals surface area contributed by atoms with E-state index in [1.807, 2.05) is 0 Å². The van der Waals surface area contributed by atoms with E-state index in [9.17, 15) is 4.79 Å². The van der Waals surface area contributed by atoms with Gasteiger partial charge in [0.2, 0.25) is 0 Å². The van der Waals surface area contributed by atoms with E-state index >= 15 is 0 Å². The predicted octanol–water partition coefficient (Wildman–Crippen LogP) is 2.55. The van der Waals surface area contributed by atoms with E-state index in [1.165, 1.54) is 6.92 Å². The van der Waals surface area contributed by atoms with Gasteiger partial charge in [0, 0.05) is 13.5 Å². The molecule has 6 heteroatoms. The molecule has 0 amide bonds. The number of aliphatic hydroxyl groups is 1. The van der Waals surface area contributed by atoms with Crippen molar-refractivity contribution >= 4 is 40.8 Å². The summed E-state index contributed by atoms with van der Waals surface area (Å²) in [4.78, 5) is 9.82. The van der Waals surface area contributed by atoms with Crippen molar-refractivity contribution in [3.05, 3.63) is 0 Å². The van der Waals surface area contributed by atoms with Crippen LogP contribution in [0.5, 0.6) is 0 Å². The summed E-state index contributed by atoms with van der Waals surface area (Å²) >= 11 is 14.4. The van der Waals surface area contributed by atoms with E-state index in [4.69, 9.17) is 39.9 Å². The van der Waals surface area contributed by atoms with Crippen LogP contribution in [0, 0.1) is 0 Å². The summed E-state index contributed by atoms with van der Waals surface area (Å²) in [5.74, 6) is -0.211. The van der Waals surface area contributed by atoms with Crippen molar-refractivity contribution in [1.29, 1.82) is 0 Å². The maximum atomic E-state index is 9.82. The van der Waals surface area contributed by atoms with Gasteiger partial charge in [-0.15, -0.1) is 0 Å². The Hall–Kier alpha value is 0.300. The second-order valence-corrected chi connectivity index (χ2v) is 3.47. The first-order valence-corrected chi connectivity index (χ1v) is 4.89. The fraction of sp³-hybridized carbons (Fsp3) is 0.857. The number of aliphatic hydroxyl groups excluding tert-OH is 1. The molecule has 0 spiro atoms. The van der Waals surface area contributed by atoms with Crippen LogP contribution < -0.4 is 0 Å². The van der Waals surface area contributed by atoms with E-state index in [0.717, 1.165) is 0 Å². The first-order chi connectivity index (χ1) is 5.92. The molecule has 0 radical (unpaired) electrons. The van der Waals surface area contributed by atoms with Crippen molar-refractivity contribution in [2.45, 2.75) is 25.1 Å². The van der Waals surface area contributed by atoms with Crippen molar-refractivity contribution in [3.63, 3.8) is 0 Å². The summed E-state index contributed by atoms with van der Waals surface area (Å²) < 4.78 is 3.65. The van der Waals surface area contributed by atoms with Crippen molar-refractivity contribution in [2.24, 2.45) is 0 Å². The SMILES string of the molecule is CCO.CCOC(C)=O.ClC(Cl)Cl. The Morgan fingerprint density at radius 3 is 1.62 bits per heavy atom. The van der Waals surface area contributed by atoms with Gasteiger partial charge in [0.15, 0.2) is 4.30 Å². The lowest BCUT2D eigenvalue weighted by atomic mass is 10.8. The quantitative estimate of drug-likeness (QED) is 0.577. The van der Waals surface area contributed by atoms with Gasteiger partial charge in [-0.1, -0.05) is 34.8 Å². The van der Waals surface area contributed by atoms with E-state index < -0.39 is 4.30 Å². The molecule has 0 saturated heterocycles. The van der Waals surface area contributed by atoms with Gasteiger partial charge in [0.1, 0.15) is 0 Å². The van der Waals surface area contributed by atoms with Gasteiger partial charge >= 0.3 is 5.97 Å². The highest BCUT2D eigenvalue weighted by molar-refractivity contribution is 6.63.